The first kappa shape index (κ1) is 15.4. The molecule has 0 aliphatic rings. The molecule has 5 nitrogen and oxygen atoms in total. The number of thiazole rings is 1. The van der Waals surface area contributed by atoms with Crippen LogP contribution in [-0.2, 0) is 6.42 Å². The van der Waals surface area contributed by atoms with Gasteiger partial charge in [-0.2, -0.15) is 0 Å². The van der Waals surface area contributed by atoms with Crippen LogP contribution in [-0.4, -0.2) is 15.9 Å². The first-order valence-electron chi connectivity index (χ1n) is 6.99. The SMILES string of the molecule is CCCc1cc(C(=O)NC(C)c2ncc(C)s2)cc(N)n1. The fourth-order valence-corrected chi connectivity index (χ4v) is 2.82. The smallest absolute Gasteiger partial charge is 0.252 e. The molecule has 1 unspecified atom stereocenters. The van der Waals surface area contributed by atoms with Gasteiger partial charge in [-0.1, -0.05) is 13.3 Å². The van der Waals surface area contributed by atoms with Crippen molar-refractivity contribution in [2.75, 3.05) is 5.73 Å². The van der Waals surface area contributed by atoms with E-state index < -0.39 is 0 Å². The van der Waals surface area contributed by atoms with Gasteiger partial charge in [-0.05, 0) is 32.4 Å². The van der Waals surface area contributed by atoms with E-state index in [-0.39, 0.29) is 11.9 Å². The van der Waals surface area contributed by atoms with Crippen LogP contribution in [0.1, 0.15) is 52.2 Å². The van der Waals surface area contributed by atoms with Gasteiger partial charge in [0.25, 0.3) is 5.91 Å². The first-order valence-corrected chi connectivity index (χ1v) is 7.81. The molecule has 0 spiro atoms. The number of nitrogens with two attached hydrogens (primary N) is 1. The van der Waals surface area contributed by atoms with E-state index in [0.717, 1.165) is 28.4 Å². The number of aromatic nitrogens is 2. The minimum absolute atomic E-state index is 0.125. The van der Waals surface area contributed by atoms with E-state index in [9.17, 15) is 4.79 Å². The molecule has 1 amide bonds. The van der Waals surface area contributed by atoms with Crippen molar-refractivity contribution >= 4 is 23.1 Å². The quantitative estimate of drug-likeness (QED) is 0.890. The highest BCUT2D eigenvalue weighted by atomic mass is 32.1. The maximum Gasteiger partial charge on any atom is 0.252 e. The molecule has 0 saturated heterocycles. The van der Waals surface area contributed by atoms with E-state index in [1.165, 1.54) is 0 Å². The molecule has 0 bridgehead atoms. The van der Waals surface area contributed by atoms with Gasteiger partial charge in [-0.3, -0.25) is 4.79 Å². The Labute approximate surface area is 128 Å². The summed E-state index contributed by atoms with van der Waals surface area (Å²) in [5.41, 5.74) is 7.17. The summed E-state index contributed by atoms with van der Waals surface area (Å²) in [6.07, 6.45) is 3.59. The van der Waals surface area contributed by atoms with E-state index >= 15 is 0 Å². The molecule has 1 atom stereocenters. The van der Waals surface area contributed by atoms with E-state index in [2.05, 4.69) is 22.2 Å². The molecule has 21 heavy (non-hydrogen) atoms. The standard InChI is InChI=1S/C15H20N4OS/c1-4-5-12-6-11(7-13(16)19-12)14(20)18-10(3)15-17-8-9(2)21-15/h6-8,10H,4-5H2,1-3H3,(H2,16,19)(H,18,20). The number of rotatable bonds is 5. The Morgan fingerprint density at radius 3 is 2.86 bits per heavy atom. The summed E-state index contributed by atoms with van der Waals surface area (Å²) in [5.74, 6) is 0.227. The number of hydrogen-bond donors (Lipinski definition) is 2. The molecule has 3 N–H and O–H groups in total. The molecule has 2 rings (SSSR count). The van der Waals surface area contributed by atoms with Crippen molar-refractivity contribution in [2.24, 2.45) is 0 Å². The fraction of sp³-hybridized carbons (Fsp3) is 0.400. The number of nitrogens with zero attached hydrogens (tertiary/aromatic N) is 2. The molecule has 0 aliphatic heterocycles. The van der Waals surface area contributed by atoms with Crippen LogP contribution in [0.5, 0.6) is 0 Å². The van der Waals surface area contributed by atoms with Gasteiger partial charge in [0, 0.05) is 22.3 Å². The Kier molecular flexibility index (Phi) is 4.90. The molecule has 2 heterocycles. The number of amides is 1. The maximum atomic E-state index is 12.3. The Balaban J connectivity index is 2.12. The van der Waals surface area contributed by atoms with Crippen LogP contribution in [0, 0.1) is 6.92 Å². The molecular weight excluding hydrogens is 284 g/mol. The number of nitrogens with one attached hydrogen (secondary N) is 1. The van der Waals surface area contributed by atoms with E-state index in [1.807, 2.05) is 20.0 Å². The molecule has 0 saturated carbocycles. The van der Waals surface area contributed by atoms with Crippen LogP contribution >= 0.6 is 11.3 Å². The summed E-state index contributed by atoms with van der Waals surface area (Å²) < 4.78 is 0. The zero-order chi connectivity index (χ0) is 15.4. The highest BCUT2D eigenvalue weighted by Gasteiger charge is 2.15. The van der Waals surface area contributed by atoms with Gasteiger partial charge in [0.05, 0.1) is 6.04 Å². The normalized spacial score (nSPS) is 12.1. The number of anilines is 1. The van der Waals surface area contributed by atoms with Crippen LogP contribution < -0.4 is 11.1 Å². The van der Waals surface area contributed by atoms with Crippen molar-refractivity contribution < 1.29 is 4.79 Å². The third-order valence-electron chi connectivity index (χ3n) is 3.02. The van der Waals surface area contributed by atoms with Gasteiger partial charge in [-0.25, -0.2) is 9.97 Å². The monoisotopic (exact) mass is 304 g/mol. The number of carbonyl (C=O) groups excluding carboxylic acids is 1. The number of hydrogen-bond acceptors (Lipinski definition) is 5. The van der Waals surface area contributed by atoms with Crippen molar-refractivity contribution in [1.29, 1.82) is 0 Å². The average molecular weight is 304 g/mol. The molecule has 112 valence electrons. The molecule has 0 aliphatic carbocycles. The van der Waals surface area contributed by atoms with E-state index in [4.69, 9.17) is 5.73 Å². The summed E-state index contributed by atoms with van der Waals surface area (Å²) in [5, 5.41) is 3.85. The fourth-order valence-electron chi connectivity index (χ4n) is 2.04. The minimum atomic E-state index is -0.151. The van der Waals surface area contributed by atoms with Gasteiger partial charge >= 0.3 is 0 Å². The van der Waals surface area contributed by atoms with Crippen LogP contribution in [0.25, 0.3) is 0 Å². The van der Waals surface area contributed by atoms with Gasteiger partial charge < -0.3 is 11.1 Å². The summed E-state index contributed by atoms with van der Waals surface area (Å²) >= 11 is 1.58. The summed E-state index contributed by atoms with van der Waals surface area (Å²) in [4.78, 5) is 22.0. The summed E-state index contributed by atoms with van der Waals surface area (Å²) in [6, 6.07) is 3.28. The Morgan fingerprint density at radius 1 is 1.48 bits per heavy atom. The lowest BCUT2D eigenvalue weighted by atomic mass is 10.1. The molecular formula is C15H20N4OS. The molecule has 0 aromatic carbocycles. The van der Waals surface area contributed by atoms with Gasteiger partial charge in [-0.15, -0.1) is 11.3 Å². The molecule has 2 aromatic heterocycles. The molecule has 0 radical (unpaired) electrons. The number of nitrogen functional groups attached to an aromatic ring is 1. The Morgan fingerprint density at radius 2 is 2.24 bits per heavy atom. The van der Waals surface area contributed by atoms with Gasteiger partial charge in [0.2, 0.25) is 0 Å². The average Bonchev–Trinajstić information content (AvgIpc) is 2.85. The highest BCUT2D eigenvalue weighted by Crippen LogP contribution is 2.19. The molecule has 2 aromatic rings. The minimum Gasteiger partial charge on any atom is -0.384 e. The third-order valence-corrected chi connectivity index (χ3v) is 4.12. The summed E-state index contributed by atoms with van der Waals surface area (Å²) in [6.45, 7) is 5.99. The second-order valence-corrected chi connectivity index (χ2v) is 6.29. The predicted octanol–water partition coefficient (Wildman–Crippen LogP) is 2.87. The third kappa shape index (κ3) is 4.01. The van der Waals surface area contributed by atoms with Crippen molar-refractivity contribution in [3.05, 3.63) is 39.5 Å². The Hall–Kier alpha value is -1.95. The largest absolute Gasteiger partial charge is 0.384 e. The lowest BCUT2D eigenvalue weighted by Crippen LogP contribution is -2.27. The topological polar surface area (TPSA) is 80.9 Å². The van der Waals surface area contributed by atoms with Crippen molar-refractivity contribution in [1.82, 2.24) is 15.3 Å². The molecule has 0 fully saturated rings. The van der Waals surface area contributed by atoms with Gasteiger partial charge in [0.1, 0.15) is 10.8 Å². The molecule has 6 heteroatoms. The van der Waals surface area contributed by atoms with Crippen LogP contribution in [0.2, 0.25) is 0 Å². The zero-order valence-corrected chi connectivity index (χ0v) is 13.3. The first-order chi connectivity index (χ1) is 9.99. The van der Waals surface area contributed by atoms with E-state index in [1.54, 1.807) is 23.5 Å². The zero-order valence-electron chi connectivity index (χ0n) is 12.5. The van der Waals surface area contributed by atoms with Crippen LogP contribution in [0.15, 0.2) is 18.3 Å². The lowest BCUT2D eigenvalue weighted by Gasteiger charge is -2.12. The lowest BCUT2D eigenvalue weighted by molar-refractivity contribution is 0.0939. The van der Waals surface area contributed by atoms with Crippen LogP contribution in [0.4, 0.5) is 5.82 Å². The van der Waals surface area contributed by atoms with Gasteiger partial charge in [0.15, 0.2) is 0 Å². The summed E-state index contributed by atoms with van der Waals surface area (Å²) in [7, 11) is 0. The second kappa shape index (κ2) is 6.67. The second-order valence-electron chi connectivity index (χ2n) is 5.03. The number of pyridine rings is 1. The maximum absolute atomic E-state index is 12.3. The Bertz CT molecular complexity index is 638. The van der Waals surface area contributed by atoms with Crippen LogP contribution in [0.3, 0.4) is 0 Å². The van der Waals surface area contributed by atoms with Crippen molar-refractivity contribution in [3.63, 3.8) is 0 Å². The van der Waals surface area contributed by atoms with Crippen molar-refractivity contribution in [3.8, 4) is 0 Å². The van der Waals surface area contributed by atoms with E-state index in [0.29, 0.717) is 11.4 Å². The number of carbonyl (C=O) groups is 1. The predicted molar refractivity (Wildman–Crippen MR) is 85.4 cm³/mol. The number of aryl methyl sites for hydroxylation is 2. The highest BCUT2D eigenvalue weighted by molar-refractivity contribution is 7.11. The van der Waals surface area contributed by atoms with Crippen molar-refractivity contribution in [2.45, 2.75) is 39.7 Å².